The summed E-state index contributed by atoms with van der Waals surface area (Å²) < 4.78 is 49.4. The van der Waals surface area contributed by atoms with Gasteiger partial charge in [0.25, 0.3) is 0 Å². The Hall–Kier alpha value is -1.55. The lowest BCUT2D eigenvalue weighted by Gasteiger charge is -2.15. The van der Waals surface area contributed by atoms with Crippen molar-refractivity contribution >= 4 is 16.0 Å². The van der Waals surface area contributed by atoms with E-state index in [0.29, 0.717) is 0 Å². The second kappa shape index (κ2) is 7.46. The number of carbonyl (C=O) groups is 1. The van der Waals surface area contributed by atoms with Crippen LogP contribution >= 0.6 is 0 Å². The zero-order valence-corrected chi connectivity index (χ0v) is 12.3. The highest BCUT2D eigenvalue weighted by molar-refractivity contribution is 7.89. The van der Waals surface area contributed by atoms with Crippen molar-refractivity contribution in [3.63, 3.8) is 0 Å². The average molecular weight is 321 g/mol. The van der Waals surface area contributed by atoms with Crippen LogP contribution in [0.25, 0.3) is 0 Å². The van der Waals surface area contributed by atoms with Crippen LogP contribution in [0.3, 0.4) is 0 Å². The quantitative estimate of drug-likeness (QED) is 0.721. The van der Waals surface area contributed by atoms with E-state index < -0.39 is 33.5 Å². The molecule has 1 atom stereocenters. The molecule has 0 radical (unpaired) electrons. The fourth-order valence-electron chi connectivity index (χ4n) is 1.52. The van der Waals surface area contributed by atoms with Gasteiger partial charge in [-0.2, -0.15) is 0 Å². The van der Waals surface area contributed by atoms with Gasteiger partial charge in [0.15, 0.2) is 0 Å². The number of carboxylic acids is 1. The second-order valence-electron chi connectivity index (χ2n) is 4.11. The van der Waals surface area contributed by atoms with Crippen LogP contribution in [-0.2, 0) is 19.5 Å². The minimum absolute atomic E-state index is 0.0630. The number of methoxy groups -OCH3 is 2. The van der Waals surface area contributed by atoms with Crippen molar-refractivity contribution in [1.82, 2.24) is 4.72 Å². The molecule has 0 saturated heterocycles. The normalized spacial score (nSPS) is 13.1. The van der Waals surface area contributed by atoms with Crippen LogP contribution in [0.1, 0.15) is 10.4 Å². The summed E-state index contributed by atoms with van der Waals surface area (Å²) in [7, 11) is -1.13. The van der Waals surface area contributed by atoms with Crippen molar-refractivity contribution in [3.8, 4) is 0 Å². The highest BCUT2D eigenvalue weighted by atomic mass is 32.2. The first-order valence-corrected chi connectivity index (χ1v) is 7.34. The molecular formula is C12H16FNO6S. The smallest absolute Gasteiger partial charge is 0.338 e. The van der Waals surface area contributed by atoms with Crippen LogP contribution in [0, 0.1) is 5.82 Å². The Morgan fingerprint density at radius 1 is 1.43 bits per heavy atom. The summed E-state index contributed by atoms with van der Waals surface area (Å²) in [5.74, 6) is -2.55. The Morgan fingerprint density at radius 3 is 2.62 bits per heavy atom. The number of sulfonamides is 1. The summed E-state index contributed by atoms with van der Waals surface area (Å²) in [6, 6.07) is 2.54. The average Bonchev–Trinajstić information content (AvgIpc) is 2.43. The molecule has 0 aliphatic carbocycles. The topological polar surface area (TPSA) is 102 Å². The molecule has 0 bridgehead atoms. The lowest BCUT2D eigenvalue weighted by molar-refractivity contribution is 0.0320. The van der Waals surface area contributed by atoms with E-state index in [1.165, 1.54) is 14.2 Å². The van der Waals surface area contributed by atoms with Crippen LogP contribution < -0.4 is 4.72 Å². The molecule has 1 unspecified atom stereocenters. The molecule has 0 amide bonds. The Kier molecular flexibility index (Phi) is 6.21. The molecule has 118 valence electrons. The lowest BCUT2D eigenvalue weighted by Crippen LogP contribution is -2.35. The van der Waals surface area contributed by atoms with Crippen LogP contribution in [0.15, 0.2) is 23.1 Å². The Bertz CT molecular complexity index is 604. The number of benzene rings is 1. The van der Waals surface area contributed by atoms with Gasteiger partial charge in [0.05, 0.1) is 23.2 Å². The van der Waals surface area contributed by atoms with Gasteiger partial charge >= 0.3 is 5.97 Å². The summed E-state index contributed by atoms with van der Waals surface area (Å²) >= 11 is 0. The fourth-order valence-corrected chi connectivity index (χ4v) is 2.61. The monoisotopic (exact) mass is 321 g/mol. The standard InChI is InChI=1S/C12H16FNO6S/c1-19-7-8(20-2)6-14-21(17,18)9-3-4-11(13)10(5-9)12(15)16/h3-5,8,14H,6-7H2,1-2H3,(H,15,16). The zero-order valence-electron chi connectivity index (χ0n) is 11.5. The predicted octanol–water partition coefficient (Wildman–Crippen LogP) is 0.464. The van der Waals surface area contributed by atoms with Crippen molar-refractivity contribution in [2.45, 2.75) is 11.0 Å². The van der Waals surface area contributed by atoms with E-state index >= 15 is 0 Å². The first kappa shape index (κ1) is 17.5. The van der Waals surface area contributed by atoms with Crippen molar-refractivity contribution in [3.05, 3.63) is 29.6 Å². The minimum Gasteiger partial charge on any atom is -0.478 e. The summed E-state index contributed by atoms with van der Waals surface area (Å²) in [6.07, 6.45) is -0.496. The van der Waals surface area contributed by atoms with E-state index in [4.69, 9.17) is 14.6 Å². The van der Waals surface area contributed by atoms with Crippen LogP contribution in [0.2, 0.25) is 0 Å². The molecular weight excluding hydrogens is 305 g/mol. The Labute approximate surface area is 121 Å². The van der Waals surface area contributed by atoms with Gasteiger partial charge in [0.2, 0.25) is 10.0 Å². The molecule has 0 fully saturated rings. The van der Waals surface area contributed by atoms with Crippen LogP contribution in [-0.4, -0.2) is 53.0 Å². The third kappa shape index (κ3) is 4.74. The van der Waals surface area contributed by atoms with Gasteiger partial charge < -0.3 is 14.6 Å². The molecule has 0 spiro atoms. The van der Waals surface area contributed by atoms with E-state index in [2.05, 4.69) is 4.72 Å². The van der Waals surface area contributed by atoms with E-state index in [1.54, 1.807) is 0 Å². The second-order valence-corrected chi connectivity index (χ2v) is 5.88. The largest absolute Gasteiger partial charge is 0.478 e. The number of halogens is 1. The van der Waals surface area contributed by atoms with Gasteiger partial charge in [-0.3, -0.25) is 0 Å². The Balaban J connectivity index is 2.93. The maximum Gasteiger partial charge on any atom is 0.338 e. The van der Waals surface area contributed by atoms with Crippen molar-refractivity contribution in [1.29, 1.82) is 0 Å². The molecule has 0 heterocycles. The number of hydrogen-bond donors (Lipinski definition) is 2. The van der Waals surface area contributed by atoms with Crippen molar-refractivity contribution in [2.75, 3.05) is 27.4 Å². The minimum atomic E-state index is -3.97. The fraction of sp³-hybridized carbons (Fsp3) is 0.417. The molecule has 1 aromatic carbocycles. The molecule has 1 aromatic rings. The molecule has 9 heteroatoms. The van der Waals surface area contributed by atoms with Gasteiger partial charge in [-0.15, -0.1) is 0 Å². The number of hydrogen-bond acceptors (Lipinski definition) is 5. The van der Waals surface area contributed by atoms with Gasteiger partial charge in [-0.05, 0) is 18.2 Å². The first-order valence-electron chi connectivity index (χ1n) is 5.86. The molecule has 0 aromatic heterocycles. The van der Waals surface area contributed by atoms with Gasteiger partial charge in [-0.25, -0.2) is 22.3 Å². The SMILES string of the molecule is COCC(CNS(=O)(=O)c1ccc(F)c(C(=O)O)c1)OC. The molecule has 0 aliphatic heterocycles. The van der Waals surface area contributed by atoms with Gasteiger partial charge in [-0.1, -0.05) is 0 Å². The van der Waals surface area contributed by atoms with E-state index in [-0.39, 0.29) is 18.0 Å². The summed E-state index contributed by atoms with van der Waals surface area (Å²) in [4.78, 5) is 10.5. The number of rotatable bonds is 8. The van der Waals surface area contributed by atoms with Crippen LogP contribution in [0.4, 0.5) is 4.39 Å². The number of ether oxygens (including phenoxy) is 2. The van der Waals surface area contributed by atoms with Crippen LogP contribution in [0.5, 0.6) is 0 Å². The maximum absolute atomic E-state index is 13.2. The highest BCUT2D eigenvalue weighted by Crippen LogP contribution is 2.15. The number of carboxylic acid groups (broad SMARTS) is 1. The van der Waals surface area contributed by atoms with Crippen molar-refractivity contribution < 1.29 is 32.2 Å². The van der Waals surface area contributed by atoms with E-state index in [9.17, 15) is 17.6 Å². The molecule has 7 nitrogen and oxygen atoms in total. The third-order valence-corrected chi connectivity index (χ3v) is 4.09. The summed E-state index contributed by atoms with van der Waals surface area (Å²) in [5, 5.41) is 8.79. The maximum atomic E-state index is 13.2. The van der Waals surface area contributed by atoms with Crippen molar-refractivity contribution in [2.24, 2.45) is 0 Å². The molecule has 2 N–H and O–H groups in total. The Morgan fingerprint density at radius 2 is 2.10 bits per heavy atom. The zero-order chi connectivity index (χ0) is 16.0. The summed E-state index contributed by atoms with van der Waals surface area (Å²) in [5.41, 5.74) is -0.710. The molecule has 0 saturated carbocycles. The number of aromatic carboxylic acids is 1. The third-order valence-electron chi connectivity index (χ3n) is 2.67. The highest BCUT2D eigenvalue weighted by Gasteiger charge is 2.20. The molecule has 0 aliphatic rings. The number of nitrogens with one attached hydrogen (secondary N) is 1. The lowest BCUT2D eigenvalue weighted by atomic mass is 10.2. The summed E-state index contributed by atoms with van der Waals surface area (Å²) in [6.45, 7) is 0.120. The first-order chi connectivity index (χ1) is 9.81. The molecule has 21 heavy (non-hydrogen) atoms. The van der Waals surface area contributed by atoms with E-state index in [1.807, 2.05) is 0 Å². The molecule has 1 rings (SSSR count). The van der Waals surface area contributed by atoms with E-state index in [0.717, 1.165) is 18.2 Å². The predicted molar refractivity (Wildman–Crippen MR) is 71.2 cm³/mol. The van der Waals surface area contributed by atoms with Gasteiger partial charge in [0.1, 0.15) is 5.82 Å². The van der Waals surface area contributed by atoms with Gasteiger partial charge in [0, 0.05) is 20.8 Å².